The van der Waals surface area contributed by atoms with Gasteiger partial charge in [-0.1, -0.05) is 77.8 Å². The first-order valence-corrected chi connectivity index (χ1v) is 14.7. The number of likely N-dealkylation sites (N-methyl/N-ethyl adjacent to an activating group) is 1. The van der Waals surface area contributed by atoms with Crippen LogP contribution in [-0.2, 0) is 32.6 Å². The van der Waals surface area contributed by atoms with Crippen LogP contribution >= 0.6 is 23.2 Å². The zero-order valence-electron chi connectivity index (χ0n) is 21.5. The van der Waals surface area contributed by atoms with Crippen molar-refractivity contribution < 1.29 is 18.0 Å². The van der Waals surface area contributed by atoms with Gasteiger partial charge in [-0.3, -0.25) is 13.9 Å². The van der Waals surface area contributed by atoms with Gasteiger partial charge in [0.2, 0.25) is 21.8 Å². The number of carbonyl (C=O) groups excluding carboxylic acids is 2. The molecular weight excluding hydrogens is 545 g/mol. The number of aryl methyl sites for hydroxylation is 1. The molecule has 1 N–H and O–H groups in total. The summed E-state index contributed by atoms with van der Waals surface area (Å²) < 4.78 is 26.6. The molecule has 0 heterocycles. The highest BCUT2D eigenvalue weighted by atomic mass is 35.5. The van der Waals surface area contributed by atoms with Crippen LogP contribution in [0.4, 0.5) is 5.69 Å². The van der Waals surface area contributed by atoms with E-state index >= 15 is 0 Å². The second-order valence-corrected chi connectivity index (χ2v) is 11.7. The number of sulfonamides is 1. The topological polar surface area (TPSA) is 86.8 Å². The van der Waals surface area contributed by atoms with Gasteiger partial charge in [0.05, 0.1) is 17.0 Å². The van der Waals surface area contributed by atoms with E-state index in [4.69, 9.17) is 23.2 Å². The molecule has 202 valence electrons. The Kier molecular flexibility index (Phi) is 10.2. The van der Waals surface area contributed by atoms with Crippen LogP contribution in [0.2, 0.25) is 10.0 Å². The first kappa shape index (κ1) is 29.5. The molecule has 3 aromatic carbocycles. The number of carbonyl (C=O) groups is 2. The zero-order valence-corrected chi connectivity index (χ0v) is 23.9. The van der Waals surface area contributed by atoms with Crippen LogP contribution in [0.5, 0.6) is 0 Å². The van der Waals surface area contributed by atoms with Crippen molar-refractivity contribution in [1.29, 1.82) is 0 Å². The minimum absolute atomic E-state index is 0.0866. The Hall–Kier alpha value is -3.07. The van der Waals surface area contributed by atoms with Gasteiger partial charge in [-0.15, -0.1) is 0 Å². The molecule has 0 spiro atoms. The van der Waals surface area contributed by atoms with E-state index in [2.05, 4.69) is 5.32 Å². The Balaban J connectivity index is 2.08. The van der Waals surface area contributed by atoms with Crippen LogP contribution in [0.1, 0.15) is 23.6 Å². The molecule has 0 aliphatic rings. The van der Waals surface area contributed by atoms with E-state index in [0.29, 0.717) is 6.54 Å². The fourth-order valence-corrected chi connectivity index (χ4v) is 5.38. The van der Waals surface area contributed by atoms with Gasteiger partial charge in [0.1, 0.15) is 12.6 Å². The lowest BCUT2D eigenvalue weighted by Gasteiger charge is -2.34. The van der Waals surface area contributed by atoms with Crippen LogP contribution in [0.25, 0.3) is 0 Å². The van der Waals surface area contributed by atoms with Crippen molar-refractivity contribution in [3.63, 3.8) is 0 Å². The molecule has 3 rings (SSSR count). The number of rotatable bonds is 11. The molecule has 0 fully saturated rings. The Labute approximate surface area is 234 Å². The normalized spacial score (nSPS) is 12.0. The molecule has 2 amide bonds. The van der Waals surface area contributed by atoms with E-state index in [1.807, 2.05) is 61.5 Å². The molecular formula is C28H31Cl2N3O4S. The number of nitrogens with one attached hydrogen (secondary N) is 1. The lowest BCUT2D eigenvalue weighted by Crippen LogP contribution is -2.53. The summed E-state index contributed by atoms with van der Waals surface area (Å²) in [7, 11) is -3.94. The minimum atomic E-state index is -3.94. The van der Waals surface area contributed by atoms with Crippen molar-refractivity contribution >= 4 is 50.7 Å². The lowest BCUT2D eigenvalue weighted by atomic mass is 10.0. The van der Waals surface area contributed by atoms with Gasteiger partial charge in [0.25, 0.3) is 0 Å². The standard InChI is InChI=1S/C28H31Cl2N3O4S/c1-4-31-28(35)26(16-21-11-6-5-7-12-21)32(18-22-13-9-8-10-20(22)2)27(34)19-33(38(3,36)37)25-17-23(29)14-15-24(25)30/h5-15,17,26H,4,16,18-19H2,1-3H3,(H,31,35)/t26-/m1/s1. The number of hydrogen-bond acceptors (Lipinski definition) is 4. The fourth-order valence-electron chi connectivity index (χ4n) is 4.09. The van der Waals surface area contributed by atoms with Crippen molar-refractivity contribution in [3.05, 3.63) is 99.5 Å². The minimum Gasteiger partial charge on any atom is -0.355 e. The predicted octanol–water partition coefficient (Wildman–Crippen LogP) is 4.84. The van der Waals surface area contributed by atoms with Gasteiger partial charge in [-0.25, -0.2) is 8.42 Å². The molecule has 0 aromatic heterocycles. The second kappa shape index (κ2) is 13.1. The molecule has 0 aliphatic heterocycles. The van der Waals surface area contributed by atoms with Gasteiger partial charge in [0, 0.05) is 24.5 Å². The predicted molar refractivity (Wildman–Crippen MR) is 153 cm³/mol. The summed E-state index contributed by atoms with van der Waals surface area (Å²) in [5, 5.41) is 3.23. The highest BCUT2D eigenvalue weighted by Gasteiger charge is 2.33. The van der Waals surface area contributed by atoms with Gasteiger partial charge in [0.15, 0.2) is 0 Å². The molecule has 0 radical (unpaired) electrons. The van der Waals surface area contributed by atoms with Gasteiger partial charge in [-0.05, 0) is 48.7 Å². The molecule has 3 aromatic rings. The molecule has 7 nitrogen and oxygen atoms in total. The van der Waals surface area contributed by atoms with E-state index in [0.717, 1.165) is 27.3 Å². The number of amides is 2. The van der Waals surface area contributed by atoms with E-state index < -0.39 is 28.5 Å². The average Bonchev–Trinajstić information content (AvgIpc) is 2.87. The summed E-state index contributed by atoms with van der Waals surface area (Å²) in [6, 6.07) is 20.4. The van der Waals surface area contributed by atoms with Crippen LogP contribution in [0, 0.1) is 6.92 Å². The number of halogens is 2. The maximum Gasteiger partial charge on any atom is 0.244 e. The molecule has 0 bridgehead atoms. The third-order valence-corrected chi connectivity index (χ3v) is 7.76. The van der Waals surface area contributed by atoms with Crippen molar-refractivity contribution in [2.75, 3.05) is 23.7 Å². The summed E-state index contributed by atoms with van der Waals surface area (Å²) in [6.45, 7) is 3.66. The summed E-state index contributed by atoms with van der Waals surface area (Å²) in [6.07, 6.45) is 1.25. The lowest BCUT2D eigenvalue weighted by molar-refractivity contribution is -0.140. The third-order valence-electron chi connectivity index (χ3n) is 6.08. The fraction of sp³-hybridized carbons (Fsp3) is 0.286. The molecule has 0 aliphatic carbocycles. The highest BCUT2D eigenvalue weighted by Crippen LogP contribution is 2.31. The van der Waals surface area contributed by atoms with Gasteiger partial charge >= 0.3 is 0 Å². The second-order valence-electron chi connectivity index (χ2n) is 8.91. The molecule has 10 heteroatoms. The summed E-state index contributed by atoms with van der Waals surface area (Å²) >= 11 is 12.4. The number of benzene rings is 3. The Morgan fingerprint density at radius 2 is 1.63 bits per heavy atom. The van der Waals surface area contributed by atoms with Crippen LogP contribution in [0.15, 0.2) is 72.8 Å². The first-order chi connectivity index (χ1) is 18.0. The van der Waals surface area contributed by atoms with Crippen LogP contribution in [-0.4, -0.2) is 50.5 Å². The Bertz CT molecular complexity index is 1380. The summed E-state index contributed by atoms with van der Waals surface area (Å²) in [5.74, 6) is -0.883. The van der Waals surface area contributed by atoms with Gasteiger partial charge in [-0.2, -0.15) is 0 Å². The van der Waals surface area contributed by atoms with Crippen LogP contribution in [0.3, 0.4) is 0 Å². The molecule has 0 saturated heterocycles. The van der Waals surface area contributed by atoms with Crippen molar-refractivity contribution in [3.8, 4) is 0 Å². The monoisotopic (exact) mass is 575 g/mol. The molecule has 0 saturated carbocycles. The highest BCUT2D eigenvalue weighted by molar-refractivity contribution is 7.92. The maximum absolute atomic E-state index is 14.0. The summed E-state index contributed by atoms with van der Waals surface area (Å²) in [5.41, 5.74) is 2.74. The SMILES string of the molecule is CCNC(=O)[C@@H](Cc1ccccc1)N(Cc1ccccc1C)C(=O)CN(c1cc(Cl)ccc1Cl)S(C)(=O)=O. The average molecular weight is 577 g/mol. The number of hydrogen-bond donors (Lipinski definition) is 1. The summed E-state index contributed by atoms with van der Waals surface area (Å²) in [4.78, 5) is 28.8. The zero-order chi connectivity index (χ0) is 27.9. The smallest absolute Gasteiger partial charge is 0.244 e. The molecule has 38 heavy (non-hydrogen) atoms. The first-order valence-electron chi connectivity index (χ1n) is 12.1. The van der Waals surface area contributed by atoms with E-state index in [9.17, 15) is 18.0 Å². The quantitative estimate of drug-likeness (QED) is 0.354. The Morgan fingerprint density at radius 1 is 0.974 bits per heavy atom. The maximum atomic E-state index is 14.0. The van der Waals surface area contributed by atoms with E-state index in [1.54, 1.807) is 6.92 Å². The molecule has 0 unspecified atom stereocenters. The number of nitrogens with zero attached hydrogens (tertiary/aromatic N) is 2. The third kappa shape index (κ3) is 7.72. The molecule has 1 atom stereocenters. The van der Waals surface area contributed by atoms with Crippen molar-refractivity contribution in [2.45, 2.75) is 32.9 Å². The van der Waals surface area contributed by atoms with Crippen molar-refractivity contribution in [1.82, 2.24) is 10.2 Å². The van der Waals surface area contributed by atoms with Crippen LogP contribution < -0.4 is 9.62 Å². The van der Waals surface area contributed by atoms with E-state index in [-0.39, 0.29) is 34.6 Å². The largest absolute Gasteiger partial charge is 0.355 e. The van der Waals surface area contributed by atoms with Crippen molar-refractivity contribution in [2.24, 2.45) is 0 Å². The Morgan fingerprint density at radius 3 is 2.26 bits per heavy atom. The van der Waals surface area contributed by atoms with Gasteiger partial charge < -0.3 is 10.2 Å². The number of anilines is 1. The van der Waals surface area contributed by atoms with E-state index in [1.165, 1.54) is 23.1 Å².